The zero-order valence-electron chi connectivity index (χ0n) is 12.3. The van der Waals surface area contributed by atoms with Gasteiger partial charge in [-0.3, -0.25) is 0 Å². The molecule has 0 saturated carbocycles. The van der Waals surface area contributed by atoms with Crippen LogP contribution >= 0.6 is 11.6 Å². The number of benzene rings is 2. The maximum absolute atomic E-state index is 12.0. The van der Waals surface area contributed by atoms with E-state index in [2.05, 4.69) is 0 Å². The van der Waals surface area contributed by atoms with E-state index in [1.165, 1.54) is 18.4 Å². The van der Waals surface area contributed by atoms with Crippen molar-refractivity contribution in [3.63, 3.8) is 0 Å². The van der Waals surface area contributed by atoms with Crippen LogP contribution in [0.25, 0.3) is 6.08 Å². The van der Waals surface area contributed by atoms with Crippen LogP contribution < -0.4 is 0 Å². The van der Waals surface area contributed by atoms with Crippen LogP contribution in [0.2, 0.25) is 5.02 Å². The molecule has 0 aromatic heterocycles. The average molecular weight is 375 g/mol. The van der Waals surface area contributed by atoms with Crippen molar-refractivity contribution in [1.82, 2.24) is 0 Å². The van der Waals surface area contributed by atoms with E-state index in [1.54, 1.807) is 48.6 Å². The van der Waals surface area contributed by atoms with E-state index in [9.17, 15) is 13.2 Å². The zero-order chi connectivity index (χ0) is 17.0. The van der Waals surface area contributed by atoms with E-state index in [0.717, 1.165) is 5.56 Å². The van der Waals surface area contributed by atoms with Crippen LogP contribution in [0, 0.1) is 0 Å². The average Bonchev–Trinajstić information content (AvgIpc) is 2.48. The first-order valence-electron chi connectivity index (χ1n) is 6.73. The van der Waals surface area contributed by atoms with Crippen molar-refractivity contribution in [2.24, 2.45) is 0 Å². The summed E-state index contributed by atoms with van der Waals surface area (Å²) in [7, 11) is -3.35. The third kappa shape index (κ3) is 5.76. The standard InChI is InChI=1S/C17H15ClO4S.Na.H/c1-23(21,22)16(13-7-9-15(18)10-8-13)11-4-12-2-5-14(6-3-12)17(19)20;;/h2-11,16H,1H3,(H,19,20);;. The second kappa shape index (κ2) is 8.83. The number of aromatic carboxylic acids is 1. The van der Waals surface area contributed by atoms with Crippen LogP contribution in [0.1, 0.15) is 26.7 Å². The molecule has 0 saturated heterocycles. The second-order valence-electron chi connectivity index (χ2n) is 5.09. The van der Waals surface area contributed by atoms with Gasteiger partial charge in [-0.25, -0.2) is 13.2 Å². The molecule has 2 rings (SSSR count). The summed E-state index contributed by atoms with van der Waals surface area (Å²) < 4.78 is 24.0. The Labute approximate surface area is 168 Å². The molecule has 0 spiro atoms. The van der Waals surface area contributed by atoms with Crippen LogP contribution in [0.4, 0.5) is 0 Å². The molecule has 0 amide bonds. The number of carboxylic acid groups (broad SMARTS) is 1. The van der Waals surface area contributed by atoms with Crippen molar-refractivity contribution >= 4 is 63.0 Å². The zero-order valence-corrected chi connectivity index (χ0v) is 13.9. The number of halogens is 1. The maximum atomic E-state index is 12.0. The SMILES string of the molecule is CS(=O)(=O)C(C=Cc1ccc(C(=O)O)cc1)c1ccc(Cl)cc1.[NaH]. The number of sulfone groups is 1. The molecule has 2 aromatic rings. The molecule has 2 aromatic carbocycles. The van der Waals surface area contributed by atoms with Crippen molar-refractivity contribution < 1.29 is 18.3 Å². The molecule has 0 aliphatic rings. The molecule has 0 aliphatic heterocycles. The molecule has 1 N–H and O–H groups in total. The van der Waals surface area contributed by atoms with Crippen LogP contribution in [-0.2, 0) is 9.84 Å². The third-order valence-electron chi connectivity index (χ3n) is 3.28. The summed E-state index contributed by atoms with van der Waals surface area (Å²) in [5.41, 5.74) is 1.52. The fourth-order valence-corrected chi connectivity index (χ4v) is 3.23. The van der Waals surface area contributed by atoms with Gasteiger partial charge in [0.15, 0.2) is 9.84 Å². The van der Waals surface area contributed by atoms with Gasteiger partial charge >= 0.3 is 35.5 Å². The molecule has 0 radical (unpaired) electrons. The van der Waals surface area contributed by atoms with Gasteiger partial charge in [0.2, 0.25) is 0 Å². The molecule has 4 nitrogen and oxygen atoms in total. The van der Waals surface area contributed by atoms with Crippen molar-refractivity contribution in [2.45, 2.75) is 5.25 Å². The Morgan fingerprint density at radius 3 is 2.08 bits per heavy atom. The van der Waals surface area contributed by atoms with E-state index < -0.39 is 21.1 Å². The Bertz CT molecular complexity index is 828. The topological polar surface area (TPSA) is 71.4 Å². The molecule has 122 valence electrons. The van der Waals surface area contributed by atoms with Gasteiger partial charge in [0.1, 0.15) is 5.25 Å². The number of rotatable bonds is 5. The number of carbonyl (C=O) groups is 1. The first kappa shape index (κ1) is 20.9. The number of carboxylic acids is 1. The monoisotopic (exact) mass is 374 g/mol. The molecular formula is C17H16ClNaO4S. The molecule has 0 bridgehead atoms. The van der Waals surface area contributed by atoms with E-state index in [0.29, 0.717) is 10.6 Å². The predicted molar refractivity (Wildman–Crippen MR) is 98.6 cm³/mol. The Morgan fingerprint density at radius 2 is 1.62 bits per heavy atom. The second-order valence-corrected chi connectivity index (χ2v) is 7.69. The minimum atomic E-state index is -3.35. The first-order valence-corrected chi connectivity index (χ1v) is 9.06. The molecule has 0 aliphatic carbocycles. The quantitative estimate of drug-likeness (QED) is 0.816. The summed E-state index contributed by atoms with van der Waals surface area (Å²) in [5, 5.41) is 8.61. The van der Waals surface area contributed by atoms with Crippen LogP contribution in [0.5, 0.6) is 0 Å². The van der Waals surface area contributed by atoms with Crippen molar-refractivity contribution in [1.29, 1.82) is 0 Å². The van der Waals surface area contributed by atoms with Crippen molar-refractivity contribution in [3.05, 3.63) is 76.3 Å². The van der Waals surface area contributed by atoms with Gasteiger partial charge in [0.05, 0.1) is 5.56 Å². The number of hydrogen-bond acceptors (Lipinski definition) is 3. The van der Waals surface area contributed by atoms with E-state index in [1.807, 2.05) is 0 Å². The van der Waals surface area contributed by atoms with E-state index >= 15 is 0 Å². The van der Waals surface area contributed by atoms with Gasteiger partial charge in [0, 0.05) is 11.3 Å². The van der Waals surface area contributed by atoms with Crippen LogP contribution in [-0.4, -0.2) is 55.3 Å². The number of hydrogen-bond donors (Lipinski definition) is 1. The molecule has 0 heterocycles. The molecule has 1 atom stereocenters. The van der Waals surface area contributed by atoms with Crippen molar-refractivity contribution in [3.8, 4) is 0 Å². The predicted octanol–water partition coefficient (Wildman–Crippen LogP) is 3.19. The summed E-state index contributed by atoms with van der Waals surface area (Å²) >= 11 is 5.83. The fraction of sp³-hybridized carbons (Fsp3) is 0.118. The Balaban J connectivity index is 0.00000288. The van der Waals surface area contributed by atoms with E-state index in [-0.39, 0.29) is 35.1 Å². The minimum absolute atomic E-state index is 0. The molecule has 0 fully saturated rings. The van der Waals surface area contributed by atoms with Gasteiger partial charge in [-0.15, -0.1) is 0 Å². The third-order valence-corrected chi connectivity index (χ3v) is 4.88. The van der Waals surface area contributed by atoms with Gasteiger partial charge in [-0.1, -0.05) is 48.0 Å². The van der Waals surface area contributed by atoms with Gasteiger partial charge in [0.25, 0.3) is 0 Å². The molecule has 1 unspecified atom stereocenters. The summed E-state index contributed by atoms with van der Waals surface area (Å²) in [4.78, 5) is 10.8. The first-order chi connectivity index (χ1) is 10.8. The summed E-state index contributed by atoms with van der Waals surface area (Å²) in [5.74, 6) is -1.00. The Kier molecular flexibility index (Phi) is 7.70. The van der Waals surface area contributed by atoms with Crippen LogP contribution in [0.15, 0.2) is 54.6 Å². The Morgan fingerprint density at radius 1 is 1.08 bits per heavy atom. The summed E-state index contributed by atoms with van der Waals surface area (Å²) in [6.45, 7) is 0. The molecular weight excluding hydrogens is 359 g/mol. The van der Waals surface area contributed by atoms with Crippen LogP contribution in [0.3, 0.4) is 0 Å². The van der Waals surface area contributed by atoms with Gasteiger partial charge in [-0.05, 0) is 35.4 Å². The van der Waals surface area contributed by atoms with Gasteiger partial charge in [-0.2, -0.15) is 0 Å². The normalized spacial score (nSPS) is 12.6. The molecule has 7 heteroatoms. The van der Waals surface area contributed by atoms with Crippen molar-refractivity contribution in [2.75, 3.05) is 6.26 Å². The van der Waals surface area contributed by atoms with E-state index in [4.69, 9.17) is 16.7 Å². The summed E-state index contributed by atoms with van der Waals surface area (Å²) in [6, 6.07) is 12.8. The molecule has 24 heavy (non-hydrogen) atoms. The van der Waals surface area contributed by atoms with Gasteiger partial charge < -0.3 is 5.11 Å². The summed E-state index contributed by atoms with van der Waals surface area (Å²) in [6.07, 6.45) is 4.41. The Hall–Kier alpha value is -1.11. The fourth-order valence-electron chi connectivity index (χ4n) is 2.09.